The molecule has 1 N–H and O–H groups in total. The number of ether oxygens (including phenoxy) is 1. The number of halogens is 1. The number of likely N-dealkylation sites (tertiary alicyclic amines) is 1. The Kier molecular flexibility index (Phi) is 4.53. The number of benzene rings is 1. The van der Waals surface area contributed by atoms with Gasteiger partial charge in [0, 0.05) is 29.3 Å². The molecule has 3 aromatic rings. The van der Waals surface area contributed by atoms with Crippen molar-refractivity contribution in [2.75, 3.05) is 32.1 Å². The average Bonchev–Trinajstić information content (AvgIpc) is 3.51. The van der Waals surface area contributed by atoms with Crippen molar-refractivity contribution >= 4 is 44.7 Å². The van der Waals surface area contributed by atoms with E-state index in [9.17, 15) is 4.39 Å². The Hall–Kier alpha value is -1.74. The van der Waals surface area contributed by atoms with E-state index in [0.29, 0.717) is 16.9 Å². The molecule has 0 amide bonds. The van der Waals surface area contributed by atoms with Crippen LogP contribution in [-0.2, 0) is 11.2 Å². The minimum absolute atomic E-state index is 0.162. The van der Waals surface area contributed by atoms with Crippen molar-refractivity contribution in [3.05, 3.63) is 41.3 Å². The third kappa shape index (κ3) is 2.88. The minimum Gasteiger partial charge on any atom is -0.379 e. The van der Waals surface area contributed by atoms with Gasteiger partial charge in [0.15, 0.2) is 0 Å². The fourth-order valence-electron chi connectivity index (χ4n) is 5.42. The number of hydrogen-bond acceptors (Lipinski definition) is 7. The summed E-state index contributed by atoms with van der Waals surface area (Å²) < 4.78 is 21.4. The van der Waals surface area contributed by atoms with E-state index in [2.05, 4.69) is 27.2 Å². The van der Waals surface area contributed by atoms with Crippen LogP contribution in [0.3, 0.4) is 0 Å². The van der Waals surface area contributed by atoms with Gasteiger partial charge in [0.25, 0.3) is 0 Å². The third-order valence-corrected chi connectivity index (χ3v) is 9.24. The zero-order valence-corrected chi connectivity index (χ0v) is 18.4. The third-order valence-electron chi connectivity index (χ3n) is 7.08. The second-order valence-electron chi connectivity index (χ2n) is 8.50. The van der Waals surface area contributed by atoms with Crippen LogP contribution in [0.1, 0.15) is 18.4 Å². The number of rotatable bonds is 3. The van der Waals surface area contributed by atoms with E-state index < -0.39 is 0 Å². The van der Waals surface area contributed by atoms with Crippen LogP contribution < -0.4 is 5.32 Å². The summed E-state index contributed by atoms with van der Waals surface area (Å²) in [7, 11) is 2.24. The lowest BCUT2D eigenvalue weighted by atomic mass is 9.80. The number of fused-ring (bicyclic) bond motifs is 2. The van der Waals surface area contributed by atoms with E-state index in [1.165, 1.54) is 23.3 Å². The number of likely N-dealkylation sites (N-methyl/N-ethyl adjacent to an activating group) is 1. The Labute approximate surface area is 183 Å². The van der Waals surface area contributed by atoms with Crippen molar-refractivity contribution in [1.29, 1.82) is 0 Å². The second kappa shape index (κ2) is 7.15. The summed E-state index contributed by atoms with van der Waals surface area (Å²) in [6.07, 6.45) is 5.09. The van der Waals surface area contributed by atoms with Crippen molar-refractivity contribution in [3.63, 3.8) is 0 Å². The highest BCUT2D eigenvalue weighted by Gasteiger charge is 2.53. The molecule has 1 aromatic carbocycles. The molecule has 0 bridgehead atoms. The lowest BCUT2D eigenvalue weighted by Crippen LogP contribution is -2.49. The van der Waals surface area contributed by atoms with Crippen molar-refractivity contribution < 1.29 is 9.13 Å². The first kappa shape index (κ1) is 19.0. The van der Waals surface area contributed by atoms with Crippen molar-refractivity contribution in [1.82, 2.24) is 14.9 Å². The van der Waals surface area contributed by atoms with Gasteiger partial charge >= 0.3 is 0 Å². The predicted octanol–water partition coefficient (Wildman–Crippen LogP) is 4.70. The van der Waals surface area contributed by atoms with Gasteiger partial charge in [0.05, 0.1) is 33.6 Å². The van der Waals surface area contributed by atoms with Crippen LogP contribution in [0, 0.1) is 11.7 Å². The topological polar surface area (TPSA) is 50.3 Å². The monoisotopic (exact) mass is 442 g/mol. The van der Waals surface area contributed by atoms with Gasteiger partial charge in [0.2, 0.25) is 0 Å². The van der Waals surface area contributed by atoms with Gasteiger partial charge in [-0.15, -0.1) is 23.1 Å². The van der Waals surface area contributed by atoms with Gasteiger partial charge in [-0.3, -0.25) is 4.90 Å². The van der Waals surface area contributed by atoms with E-state index in [4.69, 9.17) is 4.74 Å². The van der Waals surface area contributed by atoms with Crippen molar-refractivity contribution in [2.24, 2.45) is 5.92 Å². The van der Waals surface area contributed by atoms with Crippen LogP contribution in [0.15, 0.2) is 34.9 Å². The van der Waals surface area contributed by atoms with Gasteiger partial charge < -0.3 is 10.1 Å². The molecule has 156 valence electrons. The number of nitrogens with one attached hydrogen (secondary N) is 1. The van der Waals surface area contributed by atoms with Crippen LogP contribution in [-0.4, -0.2) is 52.5 Å². The average molecular weight is 443 g/mol. The lowest BCUT2D eigenvalue weighted by molar-refractivity contribution is 0.0917. The second-order valence-corrected chi connectivity index (χ2v) is 10.6. The summed E-state index contributed by atoms with van der Waals surface area (Å²) in [5, 5.41) is 4.89. The first-order valence-electron chi connectivity index (χ1n) is 10.4. The van der Waals surface area contributed by atoms with Gasteiger partial charge in [0.1, 0.15) is 10.8 Å². The number of anilines is 2. The van der Waals surface area contributed by atoms with Crippen LogP contribution >= 0.6 is 23.1 Å². The van der Waals surface area contributed by atoms with Gasteiger partial charge in [-0.2, -0.15) is 0 Å². The van der Waals surface area contributed by atoms with Crippen molar-refractivity contribution in [3.8, 4) is 0 Å². The fraction of sp³-hybridized carbons (Fsp3) is 0.455. The van der Waals surface area contributed by atoms with E-state index in [-0.39, 0.29) is 11.4 Å². The summed E-state index contributed by atoms with van der Waals surface area (Å²) >= 11 is 3.35. The highest BCUT2D eigenvalue weighted by Crippen LogP contribution is 2.51. The molecule has 0 aliphatic carbocycles. The molecule has 3 aliphatic heterocycles. The molecule has 0 saturated carbocycles. The molecule has 1 unspecified atom stereocenters. The smallest absolute Gasteiger partial charge is 0.148 e. The van der Waals surface area contributed by atoms with Gasteiger partial charge in [-0.05, 0) is 57.0 Å². The highest BCUT2D eigenvalue weighted by atomic mass is 32.2. The largest absolute Gasteiger partial charge is 0.379 e. The first-order valence-corrected chi connectivity index (χ1v) is 12.1. The lowest BCUT2D eigenvalue weighted by Gasteiger charge is -2.38. The zero-order chi connectivity index (χ0) is 20.3. The Balaban J connectivity index is 1.29. The predicted molar refractivity (Wildman–Crippen MR) is 119 cm³/mol. The Morgan fingerprint density at radius 2 is 2.23 bits per heavy atom. The number of thiazole rings is 1. The molecule has 1 spiro atoms. The fourth-order valence-corrected chi connectivity index (χ4v) is 7.65. The number of thioether (sulfide) groups is 1. The molecule has 5 heterocycles. The molecule has 6 rings (SSSR count). The summed E-state index contributed by atoms with van der Waals surface area (Å²) in [6, 6.07) is 5.32. The summed E-state index contributed by atoms with van der Waals surface area (Å²) in [5.41, 5.74) is 5.35. The number of pyridine rings is 1. The van der Waals surface area contributed by atoms with E-state index in [1.807, 2.05) is 24.0 Å². The molecule has 0 radical (unpaired) electrons. The molecule has 2 aromatic heterocycles. The maximum Gasteiger partial charge on any atom is 0.148 e. The number of nitrogens with zero attached hydrogens (tertiary/aromatic N) is 3. The zero-order valence-electron chi connectivity index (χ0n) is 16.7. The molecular formula is C22H23FN4OS2. The van der Waals surface area contributed by atoms with Gasteiger partial charge in [-0.1, -0.05) is 0 Å². The normalized spacial score (nSPS) is 28.6. The SMILES string of the molecule is CN1CC[C@@H](C2Cc3c(Nc4cc5ncsc5cc4F)ccnc3S2)[C@@]12CCOC2. The standard InChI is InChI=1S/C22H23FN4OS2/c1-27-6-3-14(22(27)4-7-28-11-22)19-8-13-16(2-5-24-21(13)30-19)26-17-10-18-20(9-15(17)23)29-12-25-18/h2,5,9-10,12,14,19H,3-4,6-8,11H2,1H3,(H,24,26)/t14-,19?,22-/m0/s1. The Morgan fingerprint density at radius 3 is 3.10 bits per heavy atom. The molecule has 30 heavy (non-hydrogen) atoms. The first-order chi connectivity index (χ1) is 14.6. The minimum atomic E-state index is -0.251. The maximum absolute atomic E-state index is 14.7. The molecule has 3 aliphatic rings. The number of aromatic nitrogens is 2. The van der Waals surface area contributed by atoms with E-state index in [0.717, 1.165) is 53.5 Å². The quantitative estimate of drug-likeness (QED) is 0.635. The van der Waals surface area contributed by atoms with Crippen LogP contribution in [0.2, 0.25) is 0 Å². The molecule has 5 nitrogen and oxygen atoms in total. The van der Waals surface area contributed by atoms with Gasteiger partial charge in [-0.25, -0.2) is 14.4 Å². The van der Waals surface area contributed by atoms with Crippen LogP contribution in [0.5, 0.6) is 0 Å². The summed E-state index contributed by atoms with van der Waals surface area (Å²) in [5.74, 6) is 0.333. The highest BCUT2D eigenvalue weighted by molar-refractivity contribution is 8.00. The van der Waals surface area contributed by atoms with Crippen LogP contribution in [0.25, 0.3) is 10.2 Å². The molecule has 2 saturated heterocycles. The number of hydrogen-bond donors (Lipinski definition) is 1. The van der Waals surface area contributed by atoms with Crippen LogP contribution in [0.4, 0.5) is 15.8 Å². The summed E-state index contributed by atoms with van der Waals surface area (Å²) in [6.45, 7) is 2.81. The molecular weight excluding hydrogens is 419 g/mol. The molecule has 3 atom stereocenters. The summed E-state index contributed by atoms with van der Waals surface area (Å²) in [4.78, 5) is 11.5. The molecule has 8 heteroatoms. The van der Waals surface area contributed by atoms with Crippen molar-refractivity contribution in [2.45, 2.75) is 35.1 Å². The Bertz CT molecular complexity index is 1110. The van der Waals surface area contributed by atoms with E-state index >= 15 is 0 Å². The maximum atomic E-state index is 14.7. The Morgan fingerprint density at radius 1 is 1.30 bits per heavy atom. The van der Waals surface area contributed by atoms with E-state index in [1.54, 1.807) is 17.6 Å². The molecule has 2 fully saturated rings.